The molecule has 1 aliphatic rings. The first-order valence-electron chi connectivity index (χ1n) is 7.80. The Hall–Kier alpha value is -0.160. The summed E-state index contributed by atoms with van der Waals surface area (Å²) < 4.78 is 5.47. The molecule has 0 spiro atoms. The maximum Gasteiger partial charge on any atom is 0.0900 e. The van der Waals surface area contributed by atoms with E-state index in [-0.39, 0.29) is 6.10 Å². The number of rotatable bonds is 9. The van der Waals surface area contributed by atoms with Crippen LogP contribution in [-0.2, 0) is 4.74 Å². The number of nitrogens with zero attached hydrogens (tertiary/aromatic N) is 1. The lowest BCUT2D eigenvalue weighted by atomic mass is 9.90. The van der Waals surface area contributed by atoms with E-state index in [1.807, 2.05) is 7.05 Å². The molecule has 2 N–H and O–H groups in total. The first-order chi connectivity index (χ1) is 9.17. The first-order valence-corrected chi connectivity index (χ1v) is 7.80. The average Bonchev–Trinajstić information content (AvgIpc) is 2.43. The Kier molecular flexibility index (Phi) is 8.62. The van der Waals surface area contributed by atoms with Crippen molar-refractivity contribution in [1.29, 1.82) is 0 Å². The molecule has 0 bridgehead atoms. The molecule has 0 heterocycles. The van der Waals surface area contributed by atoms with Gasteiger partial charge in [-0.15, -0.1) is 0 Å². The molecule has 1 saturated carbocycles. The second-order valence-electron chi connectivity index (χ2n) is 5.82. The van der Waals surface area contributed by atoms with Gasteiger partial charge in [0.2, 0.25) is 0 Å². The van der Waals surface area contributed by atoms with Gasteiger partial charge in [0.15, 0.2) is 0 Å². The second-order valence-corrected chi connectivity index (χ2v) is 5.82. The summed E-state index contributed by atoms with van der Waals surface area (Å²) in [4.78, 5) is 2.31. The van der Waals surface area contributed by atoms with Crippen molar-refractivity contribution >= 4 is 0 Å². The van der Waals surface area contributed by atoms with Crippen LogP contribution >= 0.6 is 0 Å². The number of aliphatic hydroxyl groups excluding tert-OH is 1. The molecule has 0 radical (unpaired) electrons. The monoisotopic (exact) mass is 272 g/mol. The number of likely N-dealkylation sites (N-methyl/N-ethyl adjacent to an activating group) is 1. The maximum atomic E-state index is 9.97. The summed E-state index contributed by atoms with van der Waals surface area (Å²) in [6, 6.07) is 1.31. The van der Waals surface area contributed by atoms with Crippen LogP contribution < -0.4 is 5.32 Å². The largest absolute Gasteiger partial charge is 0.389 e. The molecule has 114 valence electrons. The van der Waals surface area contributed by atoms with Crippen LogP contribution in [0.15, 0.2) is 0 Å². The molecule has 0 aliphatic heterocycles. The van der Waals surface area contributed by atoms with Crippen LogP contribution in [0.25, 0.3) is 0 Å². The van der Waals surface area contributed by atoms with Crippen molar-refractivity contribution < 1.29 is 9.84 Å². The van der Waals surface area contributed by atoms with Gasteiger partial charge in [-0.3, -0.25) is 0 Å². The third-order valence-corrected chi connectivity index (χ3v) is 4.18. The Balaban J connectivity index is 2.14. The molecule has 1 unspecified atom stereocenters. The Bertz CT molecular complexity index is 218. The summed E-state index contributed by atoms with van der Waals surface area (Å²) in [7, 11) is 4.17. The first kappa shape index (κ1) is 16.9. The lowest BCUT2D eigenvalue weighted by Gasteiger charge is -2.35. The standard InChI is InChI=1S/C15H32N2O2/c1-4-5-10-19-12-15(18)11-17(3)14-8-6-13(16-2)7-9-14/h13-16,18H,4-12H2,1-3H3. The molecule has 1 aliphatic carbocycles. The minimum atomic E-state index is -0.358. The molecule has 4 nitrogen and oxygen atoms in total. The van der Waals surface area contributed by atoms with E-state index in [1.165, 1.54) is 25.7 Å². The Labute approximate surface area is 118 Å². The lowest BCUT2D eigenvalue weighted by molar-refractivity contribution is 0.00965. The van der Waals surface area contributed by atoms with Crippen LogP contribution in [0, 0.1) is 0 Å². The Morgan fingerprint density at radius 2 is 2.00 bits per heavy atom. The van der Waals surface area contributed by atoms with E-state index in [1.54, 1.807) is 0 Å². The normalized spacial score (nSPS) is 25.7. The molecular weight excluding hydrogens is 240 g/mol. The van der Waals surface area contributed by atoms with Gasteiger partial charge in [0.25, 0.3) is 0 Å². The van der Waals surface area contributed by atoms with E-state index in [9.17, 15) is 5.11 Å². The molecule has 1 fully saturated rings. The molecule has 0 aromatic carbocycles. The maximum absolute atomic E-state index is 9.97. The van der Waals surface area contributed by atoms with E-state index in [2.05, 4.69) is 24.2 Å². The van der Waals surface area contributed by atoms with E-state index >= 15 is 0 Å². The summed E-state index contributed by atoms with van der Waals surface area (Å²) in [5, 5.41) is 13.3. The van der Waals surface area contributed by atoms with Crippen LogP contribution in [-0.4, -0.2) is 62.0 Å². The van der Waals surface area contributed by atoms with Gasteiger partial charge in [-0.05, 0) is 46.2 Å². The van der Waals surface area contributed by atoms with Gasteiger partial charge >= 0.3 is 0 Å². The van der Waals surface area contributed by atoms with Gasteiger partial charge < -0.3 is 20.1 Å². The van der Waals surface area contributed by atoms with Crippen LogP contribution in [0.3, 0.4) is 0 Å². The predicted octanol–water partition coefficient (Wildman–Crippen LogP) is 1.63. The van der Waals surface area contributed by atoms with Crippen LogP contribution in [0.4, 0.5) is 0 Å². The van der Waals surface area contributed by atoms with Crippen LogP contribution in [0.1, 0.15) is 45.4 Å². The fraction of sp³-hybridized carbons (Fsp3) is 1.00. The van der Waals surface area contributed by atoms with Crippen molar-refractivity contribution in [3.8, 4) is 0 Å². The highest BCUT2D eigenvalue weighted by Gasteiger charge is 2.24. The fourth-order valence-corrected chi connectivity index (χ4v) is 2.81. The van der Waals surface area contributed by atoms with Crippen molar-refractivity contribution in [3.63, 3.8) is 0 Å². The SMILES string of the molecule is CCCCOCC(O)CN(C)C1CCC(NC)CC1. The number of hydrogen-bond acceptors (Lipinski definition) is 4. The number of hydrogen-bond donors (Lipinski definition) is 2. The summed E-state index contributed by atoms with van der Waals surface area (Å²) in [6.07, 6.45) is 6.81. The molecule has 4 heteroatoms. The Morgan fingerprint density at radius 1 is 1.32 bits per heavy atom. The molecule has 0 aromatic heterocycles. The minimum absolute atomic E-state index is 0.358. The van der Waals surface area contributed by atoms with Gasteiger partial charge in [-0.1, -0.05) is 13.3 Å². The molecule has 0 saturated heterocycles. The third-order valence-electron chi connectivity index (χ3n) is 4.18. The Morgan fingerprint density at radius 3 is 2.58 bits per heavy atom. The summed E-state index contributed by atoms with van der Waals surface area (Å²) >= 11 is 0. The van der Waals surface area contributed by atoms with Crippen molar-refractivity contribution in [1.82, 2.24) is 10.2 Å². The highest BCUT2D eigenvalue weighted by Crippen LogP contribution is 2.22. The minimum Gasteiger partial charge on any atom is -0.389 e. The van der Waals surface area contributed by atoms with E-state index in [4.69, 9.17) is 4.74 Å². The lowest BCUT2D eigenvalue weighted by Crippen LogP contribution is -2.43. The average molecular weight is 272 g/mol. The molecular formula is C15H32N2O2. The fourth-order valence-electron chi connectivity index (χ4n) is 2.81. The molecule has 19 heavy (non-hydrogen) atoms. The summed E-state index contributed by atoms with van der Waals surface area (Å²) in [6.45, 7) is 4.11. The van der Waals surface area contributed by atoms with Gasteiger partial charge in [-0.2, -0.15) is 0 Å². The van der Waals surface area contributed by atoms with Gasteiger partial charge in [-0.25, -0.2) is 0 Å². The van der Waals surface area contributed by atoms with E-state index < -0.39 is 0 Å². The van der Waals surface area contributed by atoms with Crippen LogP contribution in [0.5, 0.6) is 0 Å². The zero-order valence-electron chi connectivity index (χ0n) is 12.9. The van der Waals surface area contributed by atoms with Crippen molar-refractivity contribution in [2.45, 2.75) is 63.6 Å². The van der Waals surface area contributed by atoms with Gasteiger partial charge in [0.05, 0.1) is 12.7 Å². The van der Waals surface area contributed by atoms with Crippen molar-refractivity contribution in [3.05, 3.63) is 0 Å². The number of nitrogens with one attached hydrogen (secondary N) is 1. The topological polar surface area (TPSA) is 44.7 Å². The van der Waals surface area contributed by atoms with E-state index in [0.29, 0.717) is 18.7 Å². The van der Waals surface area contributed by atoms with E-state index in [0.717, 1.165) is 26.0 Å². The predicted molar refractivity (Wildman–Crippen MR) is 79.5 cm³/mol. The molecule has 1 rings (SSSR count). The zero-order valence-corrected chi connectivity index (χ0v) is 12.9. The smallest absolute Gasteiger partial charge is 0.0900 e. The molecule has 1 atom stereocenters. The number of aliphatic hydroxyl groups is 1. The zero-order chi connectivity index (χ0) is 14.1. The second kappa shape index (κ2) is 9.70. The molecule has 0 amide bonds. The summed E-state index contributed by atoms with van der Waals surface area (Å²) in [5.41, 5.74) is 0. The van der Waals surface area contributed by atoms with Gasteiger partial charge in [0, 0.05) is 25.2 Å². The van der Waals surface area contributed by atoms with Crippen LogP contribution in [0.2, 0.25) is 0 Å². The highest BCUT2D eigenvalue weighted by atomic mass is 16.5. The van der Waals surface area contributed by atoms with Gasteiger partial charge in [0.1, 0.15) is 0 Å². The quantitative estimate of drug-likeness (QED) is 0.626. The third kappa shape index (κ3) is 6.70. The molecule has 0 aromatic rings. The number of unbranched alkanes of at least 4 members (excludes halogenated alkanes) is 1. The van der Waals surface area contributed by atoms with Crippen molar-refractivity contribution in [2.75, 3.05) is 33.9 Å². The number of ether oxygens (including phenoxy) is 1. The highest BCUT2D eigenvalue weighted by molar-refractivity contribution is 4.81. The van der Waals surface area contributed by atoms with Crippen molar-refractivity contribution in [2.24, 2.45) is 0 Å². The summed E-state index contributed by atoms with van der Waals surface area (Å²) in [5.74, 6) is 0.